The molecule has 0 radical (unpaired) electrons. The quantitative estimate of drug-likeness (QED) is 0.438. The zero-order chi connectivity index (χ0) is 28.7. The monoisotopic (exact) mass is 545 g/mol. The maximum atomic E-state index is 16.2. The van der Waals surface area contributed by atoms with E-state index in [0.29, 0.717) is 36.0 Å². The number of nitrogens with zero attached hydrogens (tertiary/aromatic N) is 2. The van der Waals surface area contributed by atoms with Crippen LogP contribution in [0.25, 0.3) is 10.9 Å². The number of benzene rings is 2. The van der Waals surface area contributed by atoms with Gasteiger partial charge in [0.25, 0.3) is 0 Å². The van der Waals surface area contributed by atoms with Crippen LogP contribution in [0.5, 0.6) is 0 Å². The van der Waals surface area contributed by atoms with E-state index in [-0.39, 0.29) is 36.2 Å². The lowest BCUT2D eigenvalue weighted by molar-refractivity contribution is -0.122. The molecule has 3 unspecified atom stereocenters. The van der Waals surface area contributed by atoms with Crippen LogP contribution in [0.3, 0.4) is 0 Å². The summed E-state index contributed by atoms with van der Waals surface area (Å²) in [6, 6.07) is 14.3. The third-order valence-electron chi connectivity index (χ3n) is 7.80. The fraction of sp³-hybridized carbons (Fsp3) is 0.406. The van der Waals surface area contributed by atoms with Gasteiger partial charge in [-0.05, 0) is 69.7 Å². The van der Waals surface area contributed by atoms with Crippen molar-refractivity contribution in [3.8, 4) is 0 Å². The van der Waals surface area contributed by atoms with E-state index in [1.807, 2.05) is 51.1 Å². The molecule has 0 aliphatic carbocycles. The highest BCUT2D eigenvalue weighted by molar-refractivity contribution is 5.88. The van der Waals surface area contributed by atoms with E-state index >= 15 is 4.39 Å². The fourth-order valence-corrected chi connectivity index (χ4v) is 5.79. The van der Waals surface area contributed by atoms with Crippen molar-refractivity contribution in [2.45, 2.75) is 76.0 Å². The summed E-state index contributed by atoms with van der Waals surface area (Å²) < 4.78 is 21.9. The summed E-state index contributed by atoms with van der Waals surface area (Å²) in [5.74, 6) is -1.18. The molecule has 5 rings (SSSR count). The Kier molecular flexibility index (Phi) is 7.40. The second-order valence-corrected chi connectivity index (χ2v) is 11.9. The predicted molar refractivity (Wildman–Crippen MR) is 151 cm³/mol. The third-order valence-corrected chi connectivity index (χ3v) is 7.80. The SMILES string of the molecule is C=C1CCC(c2cnc3ccc(C4(O)CCN(C(=O)OC(C)(C)C)C(Cc5ccccc5)C4)c(F)c3c2)C(=O)N1. The topological polar surface area (TPSA) is 91.8 Å². The number of fused-ring (bicyclic) bond motifs is 1. The second kappa shape index (κ2) is 10.7. The van der Waals surface area contributed by atoms with E-state index in [1.165, 1.54) is 0 Å². The number of aliphatic hydroxyl groups is 1. The van der Waals surface area contributed by atoms with E-state index in [0.717, 1.165) is 5.56 Å². The van der Waals surface area contributed by atoms with Gasteiger partial charge in [-0.15, -0.1) is 0 Å². The summed E-state index contributed by atoms with van der Waals surface area (Å²) in [6.45, 7) is 9.49. The Hall–Kier alpha value is -3.78. The van der Waals surface area contributed by atoms with Crippen LogP contribution in [0.4, 0.5) is 9.18 Å². The van der Waals surface area contributed by atoms with Crippen LogP contribution in [0, 0.1) is 5.82 Å². The van der Waals surface area contributed by atoms with Crippen molar-refractivity contribution in [2.24, 2.45) is 0 Å². The molecule has 3 atom stereocenters. The van der Waals surface area contributed by atoms with Gasteiger partial charge in [-0.3, -0.25) is 9.78 Å². The number of ether oxygens (including phenoxy) is 1. The number of carbonyl (C=O) groups excluding carboxylic acids is 2. The van der Waals surface area contributed by atoms with Gasteiger partial charge in [0.1, 0.15) is 11.4 Å². The third kappa shape index (κ3) is 5.72. The molecule has 0 bridgehead atoms. The molecule has 40 heavy (non-hydrogen) atoms. The first-order chi connectivity index (χ1) is 18.9. The summed E-state index contributed by atoms with van der Waals surface area (Å²) >= 11 is 0. The van der Waals surface area contributed by atoms with Gasteiger partial charge in [0.15, 0.2) is 0 Å². The Morgan fingerprint density at radius 1 is 1.25 bits per heavy atom. The van der Waals surface area contributed by atoms with E-state index in [9.17, 15) is 14.7 Å². The minimum absolute atomic E-state index is 0.143. The molecule has 8 heteroatoms. The van der Waals surface area contributed by atoms with Gasteiger partial charge in [0.05, 0.1) is 17.0 Å². The predicted octanol–water partition coefficient (Wildman–Crippen LogP) is 5.71. The molecule has 0 saturated carbocycles. The smallest absolute Gasteiger partial charge is 0.410 e. The van der Waals surface area contributed by atoms with Crippen LogP contribution in [-0.4, -0.2) is 45.2 Å². The summed E-state index contributed by atoms with van der Waals surface area (Å²) in [6.07, 6.45) is 3.18. The number of nitrogens with one attached hydrogen (secondary N) is 1. The Labute approximate surface area is 234 Å². The first kappa shape index (κ1) is 27.8. The van der Waals surface area contributed by atoms with Crippen LogP contribution in [0.2, 0.25) is 0 Å². The Balaban J connectivity index is 1.48. The fourth-order valence-electron chi connectivity index (χ4n) is 5.79. The van der Waals surface area contributed by atoms with E-state index < -0.39 is 35.1 Å². The molecule has 3 heterocycles. The van der Waals surface area contributed by atoms with E-state index in [1.54, 1.807) is 29.3 Å². The van der Waals surface area contributed by atoms with Crippen LogP contribution >= 0.6 is 0 Å². The minimum atomic E-state index is -1.51. The number of hydrogen-bond donors (Lipinski definition) is 2. The number of likely N-dealkylation sites (tertiary alicyclic amines) is 1. The van der Waals surface area contributed by atoms with Gasteiger partial charge >= 0.3 is 6.09 Å². The van der Waals surface area contributed by atoms with Gasteiger partial charge in [-0.25, -0.2) is 9.18 Å². The Morgan fingerprint density at radius 3 is 2.70 bits per heavy atom. The highest BCUT2D eigenvalue weighted by Gasteiger charge is 2.44. The van der Waals surface area contributed by atoms with Crippen molar-refractivity contribution in [3.63, 3.8) is 0 Å². The Bertz CT molecular complexity index is 1450. The van der Waals surface area contributed by atoms with Crippen LogP contribution in [0.1, 0.15) is 69.1 Å². The molecular weight excluding hydrogens is 509 g/mol. The summed E-state index contributed by atoms with van der Waals surface area (Å²) in [4.78, 5) is 31.8. The molecule has 0 spiro atoms. The lowest BCUT2D eigenvalue weighted by Crippen LogP contribution is -2.53. The number of aromatic nitrogens is 1. The molecule has 3 aromatic rings. The molecule has 1 aromatic heterocycles. The summed E-state index contributed by atoms with van der Waals surface area (Å²) in [5, 5.41) is 15.0. The molecule has 2 N–H and O–H groups in total. The van der Waals surface area contributed by atoms with Crippen LogP contribution < -0.4 is 5.32 Å². The number of amides is 2. The lowest BCUT2D eigenvalue weighted by Gasteiger charge is -2.44. The summed E-state index contributed by atoms with van der Waals surface area (Å²) in [5.41, 5.74) is 0.747. The standard InChI is InChI=1S/C32H36FN3O4/c1-20-10-11-24(29(37)35-20)22-17-25-27(34-19-22)13-12-26(28(25)33)32(39)14-15-36(30(38)40-31(2,3)4)23(18-32)16-21-8-6-5-7-9-21/h5-9,12-13,17,19,23-24,39H,1,10-11,14-16,18H2,2-4H3,(H,35,37). The van der Waals surface area contributed by atoms with Gasteiger partial charge in [0, 0.05) is 41.9 Å². The molecule has 210 valence electrons. The molecular formula is C32H36FN3O4. The zero-order valence-corrected chi connectivity index (χ0v) is 23.2. The van der Waals surface area contributed by atoms with Crippen molar-refractivity contribution >= 4 is 22.9 Å². The largest absolute Gasteiger partial charge is 0.444 e. The number of hydrogen-bond acceptors (Lipinski definition) is 5. The molecule has 7 nitrogen and oxygen atoms in total. The van der Waals surface area contributed by atoms with E-state index in [2.05, 4.69) is 16.9 Å². The van der Waals surface area contributed by atoms with Crippen molar-refractivity contribution in [2.75, 3.05) is 6.54 Å². The number of halogens is 1. The highest BCUT2D eigenvalue weighted by Crippen LogP contribution is 2.40. The van der Waals surface area contributed by atoms with Gasteiger partial charge in [0.2, 0.25) is 5.91 Å². The maximum Gasteiger partial charge on any atom is 0.410 e. The number of piperidine rings is 2. The average molecular weight is 546 g/mol. The molecule has 2 fully saturated rings. The number of allylic oxidation sites excluding steroid dienone is 1. The van der Waals surface area contributed by atoms with Crippen molar-refractivity contribution in [1.82, 2.24) is 15.2 Å². The number of pyridine rings is 1. The molecule has 2 aliphatic rings. The zero-order valence-electron chi connectivity index (χ0n) is 23.2. The van der Waals surface area contributed by atoms with Gasteiger partial charge < -0.3 is 20.1 Å². The van der Waals surface area contributed by atoms with Crippen LogP contribution in [0.15, 0.2) is 67.0 Å². The maximum absolute atomic E-state index is 16.2. The molecule has 2 aliphatic heterocycles. The van der Waals surface area contributed by atoms with Gasteiger partial charge in [-0.2, -0.15) is 0 Å². The second-order valence-electron chi connectivity index (χ2n) is 11.9. The molecule has 2 saturated heterocycles. The number of rotatable bonds is 4. The minimum Gasteiger partial charge on any atom is -0.444 e. The van der Waals surface area contributed by atoms with Crippen molar-refractivity contribution in [1.29, 1.82) is 0 Å². The Morgan fingerprint density at radius 2 is 2.00 bits per heavy atom. The van der Waals surface area contributed by atoms with Crippen LogP contribution in [-0.2, 0) is 21.6 Å². The van der Waals surface area contributed by atoms with Crippen molar-refractivity contribution in [3.05, 3.63) is 89.5 Å². The van der Waals surface area contributed by atoms with Gasteiger partial charge in [-0.1, -0.05) is 43.0 Å². The number of carbonyl (C=O) groups is 2. The molecule has 2 aromatic carbocycles. The summed E-state index contributed by atoms with van der Waals surface area (Å²) in [7, 11) is 0. The lowest BCUT2D eigenvalue weighted by atomic mass is 9.78. The average Bonchev–Trinajstić information content (AvgIpc) is 2.88. The van der Waals surface area contributed by atoms with E-state index in [4.69, 9.17) is 4.74 Å². The first-order valence-corrected chi connectivity index (χ1v) is 13.8. The highest BCUT2D eigenvalue weighted by atomic mass is 19.1. The first-order valence-electron chi connectivity index (χ1n) is 13.8. The van der Waals surface area contributed by atoms with Crippen molar-refractivity contribution < 1.29 is 23.8 Å². The normalized spacial score (nSPS) is 23.7. The molecule has 2 amide bonds.